The van der Waals surface area contributed by atoms with Gasteiger partial charge in [-0.2, -0.15) is 4.39 Å². The second-order valence-corrected chi connectivity index (χ2v) is 4.07. The topological polar surface area (TPSA) is 103 Å². The van der Waals surface area contributed by atoms with E-state index >= 15 is 0 Å². The van der Waals surface area contributed by atoms with Crippen LogP contribution in [0, 0.1) is 21.7 Å². The van der Waals surface area contributed by atoms with Crippen molar-refractivity contribution in [2.75, 3.05) is 0 Å². The summed E-state index contributed by atoms with van der Waals surface area (Å²) in [6.07, 6.45) is 0. The zero-order valence-corrected chi connectivity index (χ0v) is 7.79. The van der Waals surface area contributed by atoms with E-state index in [4.69, 9.17) is 0 Å². The number of hydrogen-bond acceptors (Lipinski definition) is 4. The molecule has 15 heavy (non-hydrogen) atoms. The minimum absolute atomic E-state index is 0.0951. The molecule has 0 saturated carbocycles. The van der Waals surface area contributed by atoms with Gasteiger partial charge in [0.15, 0.2) is 0 Å². The van der Waals surface area contributed by atoms with Crippen molar-refractivity contribution in [2.45, 2.75) is 4.90 Å². The van der Waals surface area contributed by atoms with Gasteiger partial charge in [0, 0.05) is 12.1 Å². The van der Waals surface area contributed by atoms with Gasteiger partial charge in [-0.1, -0.05) is 0 Å². The van der Waals surface area contributed by atoms with E-state index < -0.39 is 37.2 Å². The first kappa shape index (κ1) is 11.5. The van der Waals surface area contributed by atoms with Crippen LogP contribution in [0.2, 0.25) is 0 Å². The van der Waals surface area contributed by atoms with Crippen molar-refractivity contribution in [2.24, 2.45) is 5.14 Å². The Bertz CT molecular complexity index is 528. The average Bonchev–Trinajstić information content (AvgIpc) is 2.00. The van der Waals surface area contributed by atoms with Crippen molar-refractivity contribution in [1.29, 1.82) is 0 Å². The Hall–Kier alpha value is -1.61. The molecule has 0 radical (unpaired) electrons. The summed E-state index contributed by atoms with van der Waals surface area (Å²) in [4.78, 5) is 7.93. The van der Waals surface area contributed by atoms with Crippen LogP contribution in [0.1, 0.15) is 0 Å². The summed E-state index contributed by atoms with van der Waals surface area (Å²) in [6.45, 7) is 0. The highest BCUT2D eigenvalue weighted by Gasteiger charge is 2.23. The zero-order chi connectivity index (χ0) is 11.8. The first-order chi connectivity index (χ1) is 6.73. The highest BCUT2D eigenvalue weighted by molar-refractivity contribution is 7.89. The van der Waals surface area contributed by atoms with Crippen molar-refractivity contribution in [3.8, 4) is 0 Å². The largest absolute Gasteiger partial charge is 0.306 e. The van der Waals surface area contributed by atoms with Gasteiger partial charge in [-0.05, 0) is 0 Å². The van der Waals surface area contributed by atoms with Crippen LogP contribution in [0.3, 0.4) is 0 Å². The molecule has 1 aromatic rings. The summed E-state index contributed by atoms with van der Waals surface area (Å²) in [5.41, 5.74) is -1.15. The van der Waals surface area contributed by atoms with Gasteiger partial charge in [0.05, 0.1) is 4.92 Å². The van der Waals surface area contributed by atoms with Crippen molar-refractivity contribution < 1.29 is 22.1 Å². The van der Waals surface area contributed by atoms with Crippen LogP contribution in [0.5, 0.6) is 0 Å². The van der Waals surface area contributed by atoms with Crippen molar-refractivity contribution >= 4 is 15.7 Å². The maximum atomic E-state index is 12.9. The van der Waals surface area contributed by atoms with Crippen LogP contribution >= 0.6 is 0 Å². The molecule has 0 spiro atoms. The van der Waals surface area contributed by atoms with Crippen molar-refractivity contribution in [3.63, 3.8) is 0 Å². The summed E-state index contributed by atoms with van der Waals surface area (Å²) < 4.78 is 47.1. The summed E-state index contributed by atoms with van der Waals surface area (Å²) in [5, 5.41) is 14.8. The lowest BCUT2D eigenvalue weighted by Gasteiger charge is -2.00. The van der Waals surface area contributed by atoms with E-state index in [1.807, 2.05) is 0 Å². The highest BCUT2D eigenvalue weighted by Crippen LogP contribution is 2.23. The van der Waals surface area contributed by atoms with Crippen LogP contribution in [-0.4, -0.2) is 13.3 Å². The number of sulfonamides is 1. The number of nitro groups is 1. The Balaban J connectivity index is 3.58. The molecule has 0 aromatic heterocycles. The second kappa shape index (κ2) is 3.51. The Morgan fingerprint density at radius 3 is 2.20 bits per heavy atom. The number of benzene rings is 1. The lowest BCUT2D eigenvalue weighted by molar-refractivity contribution is -0.387. The van der Waals surface area contributed by atoms with Crippen LogP contribution < -0.4 is 5.14 Å². The number of rotatable bonds is 2. The van der Waals surface area contributed by atoms with Crippen molar-refractivity contribution in [3.05, 3.63) is 33.9 Å². The Labute approximate surface area is 82.5 Å². The van der Waals surface area contributed by atoms with E-state index in [9.17, 15) is 27.3 Å². The monoisotopic (exact) mass is 238 g/mol. The number of primary sulfonamides is 1. The maximum absolute atomic E-state index is 12.9. The van der Waals surface area contributed by atoms with E-state index in [0.29, 0.717) is 0 Å². The highest BCUT2D eigenvalue weighted by atomic mass is 32.2. The SMILES string of the molecule is NS(=O)(=O)c1cc([N+](=O)[O-])c(F)cc1F. The molecule has 0 aliphatic heterocycles. The molecule has 0 unspecified atom stereocenters. The summed E-state index contributed by atoms with van der Waals surface area (Å²) in [5.74, 6) is -2.94. The molecule has 0 heterocycles. The van der Waals surface area contributed by atoms with Gasteiger partial charge in [0.2, 0.25) is 15.8 Å². The fraction of sp³-hybridized carbons (Fsp3) is 0. The molecule has 0 bridgehead atoms. The Kier molecular flexibility index (Phi) is 2.69. The van der Waals surface area contributed by atoms with Gasteiger partial charge in [0.25, 0.3) is 0 Å². The van der Waals surface area contributed by atoms with E-state index in [0.717, 1.165) is 0 Å². The molecule has 6 nitrogen and oxygen atoms in total. The van der Waals surface area contributed by atoms with Crippen LogP contribution in [0.15, 0.2) is 17.0 Å². The molecule has 0 amide bonds. The molecule has 0 atom stereocenters. The Morgan fingerprint density at radius 1 is 1.27 bits per heavy atom. The minimum Gasteiger partial charge on any atom is -0.258 e. The van der Waals surface area contributed by atoms with Crippen LogP contribution in [0.25, 0.3) is 0 Å². The van der Waals surface area contributed by atoms with Gasteiger partial charge in [-0.25, -0.2) is 17.9 Å². The fourth-order valence-corrected chi connectivity index (χ4v) is 1.48. The van der Waals surface area contributed by atoms with E-state index in [1.165, 1.54) is 0 Å². The molecular formula is C6H4F2N2O4S. The molecule has 1 aromatic carbocycles. The third kappa shape index (κ3) is 2.25. The molecule has 0 aliphatic rings. The maximum Gasteiger partial charge on any atom is 0.306 e. The van der Waals surface area contributed by atoms with Gasteiger partial charge in [-0.3, -0.25) is 10.1 Å². The summed E-state index contributed by atoms with van der Waals surface area (Å²) in [6, 6.07) is 0.331. The quantitative estimate of drug-likeness (QED) is 0.599. The van der Waals surface area contributed by atoms with Gasteiger partial charge in [-0.15, -0.1) is 0 Å². The minimum atomic E-state index is -4.45. The lowest BCUT2D eigenvalue weighted by Crippen LogP contribution is -2.14. The molecule has 0 aliphatic carbocycles. The zero-order valence-electron chi connectivity index (χ0n) is 6.98. The molecule has 0 fully saturated rings. The molecule has 2 N–H and O–H groups in total. The number of nitrogens with zero attached hydrogens (tertiary/aromatic N) is 1. The van der Waals surface area contributed by atoms with Crippen LogP contribution in [-0.2, 0) is 10.0 Å². The number of halogens is 2. The first-order valence-corrected chi connectivity index (χ1v) is 4.94. The number of hydrogen-bond donors (Lipinski definition) is 1. The lowest BCUT2D eigenvalue weighted by atomic mass is 10.3. The first-order valence-electron chi connectivity index (χ1n) is 3.39. The van der Waals surface area contributed by atoms with Gasteiger partial charge >= 0.3 is 5.69 Å². The fourth-order valence-electron chi connectivity index (χ4n) is 0.876. The average molecular weight is 238 g/mol. The van der Waals surface area contributed by atoms with Crippen LogP contribution in [0.4, 0.5) is 14.5 Å². The molecule has 1 rings (SSSR count). The molecular weight excluding hydrogens is 234 g/mol. The summed E-state index contributed by atoms with van der Waals surface area (Å²) >= 11 is 0. The van der Waals surface area contributed by atoms with E-state index in [1.54, 1.807) is 0 Å². The smallest absolute Gasteiger partial charge is 0.258 e. The Morgan fingerprint density at radius 2 is 1.80 bits per heavy atom. The third-order valence-corrected chi connectivity index (χ3v) is 2.43. The van der Waals surface area contributed by atoms with Crippen molar-refractivity contribution in [1.82, 2.24) is 0 Å². The molecule has 9 heteroatoms. The van der Waals surface area contributed by atoms with E-state index in [-0.39, 0.29) is 12.1 Å². The van der Waals surface area contributed by atoms with E-state index in [2.05, 4.69) is 5.14 Å². The predicted octanol–water partition coefficient (Wildman–Crippen LogP) is 0.520. The standard InChI is InChI=1S/C6H4F2N2O4S/c7-3-1-4(8)6(15(9,13)14)2-5(3)10(11)12/h1-2H,(H2,9,13,14). The van der Waals surface area contributed by atoms with Gasteiger partial charge < -0.3 is 0 Å². The second-order valence-electron chi connectivity index (χ2n) is 2.54. The van der Waals surface area contributed by atoms with Gasteiger partial charge in [0.1, 0.15) is 10.7 Å². The molecule has 82 valence electrons. The summed E-state index contributed by atoms with van der Waals surface area (Å²) in [7, 11) is -4.45. The number of nitrogens with two attached hydrogens (primary N) is 1. The predicted molar refractivity (Wildman–Crippen MR) is 44.4 cm³/mol. The number of nitro benzene ring substituents is 1. The third-order valence-electron chi connectivity index (χ3n) is 1.50. The molecule has 0 saturated heterocycles. The normalized spacial score (nSPS) is 11.4.